The van der Waals surface area contributed by atoms with Crippen molar-refractivity contribution < 1.29 is 9.18 Å². The quantitative estimate of drug-likeness (QED) is 0.750. The highest BCUT2D eigenvalue weighted by molar-refractivity contribution is 5.95. The topological polar surface area (TPSA) is 65.5 Å². The van der Waals surface area contributed by atoms with E-state index in [4.69, 9.17) is 4.98 Å². The molecule has 1 amide bonds. The molecule has 2 aromatic rings. The third-order valence-electron chi connectivity index (χ3n) is 6.93. The van der Waals surface area contributed by atoms with E-state index in [1.54, 1.807) is 17.0 Å². The lowest BCUT2D eigenvalue weighted by Crippen LogP contribution is -2.52. The second-order valence-electron chi connectivity index (χ2n) is 8.67. The number of anilines is 1. The molecule has 0 spiro atoms. The number of fused-ring (bicyclic) bond motifs is 1. The molecule has 4 heterocycles. The largest absolute Gasteiger partial charge is 0.338 e. The zero-order chi connectivity index (χ0) is 21.2. The van der Waals surface area contributed by atoms with Crippen molar-refractivity contribution in [3.8, 4) is 0 Å². The Morgan fingerprint density at radius 1 is 1.06 bits per heavy atom. The summed E-state index contributed by atoms with van der Waals surface area (Å²) in [6, 6.07) is 4.13. The molecule has 31 heavy (non-hydrogen) atoms. The van der Waals surface area contributed by atoms with Crippen molar-refractivity contribution in [2.75, 3.05) is 44.2 Å². The van der Waals surface area contributed by atoms with Crippen LogP contribution < -0.4 is 4.90 Å². The molecule has 5 rings (SSSR count). The Labute approximate surface area is 182 Å². The van der Waals surface area contributed by atoms with Crippen LogP contribution in [0, 0.1) is 0 Å². The summed E-state index contributed by atoms with van der Waals surface area (Å²) in [5.74, 6) is 0.646. The molecule has 0 bridgehead atoms. The number of rotatable bonds is 4. The van der Waals surface area contributed by atoms with E-state index >= 15 is 0 Å². The molecule has 0 unspecified atom stereocenters. The molecular weight excluding hydrogens is 395 g/mol. The fraction of sp³-hybridized carbons (Fsp3) is 0.565. The Balaban J connectivity index is 1.25. The zero-order valence-corrected chi connectivity index (χ0v) is 17.8. The standard InChI is InChI=1S/C23H29FN6O/c24-15-21-19(5-2-8-25-21)22(31)29-9-6-17-16-26-23(27-20(17)7-10-29)30-13-11-28(12-14-30)18-3-1-4-18/h2,5,8,16,18H,1,3-4,6-7,9-15H2. The van der Waals surface area contributed by atoms with Crippen LogP contribution in [-0.2, 0) is 19.5 Å². The van der Waals surface area contributed by atoms with Gasteiger partial charge in [0.25, 0.3) is 5.91 Å². The summed E-state index contributed by atoms with van der Waals surface area (Å²) in [5, 5.41) is 0. The summed E-state index contributed by atoms with van der Waals surface area (Å²) >= 11 is 0. The van der Waals surface area contributed by atoms with Gasteiger partial charge in [0, 0.05) is 64.1 Å². The Morgan fingerprint density at radius 2 is 1.87 bits per heavy atom. The number of hydrogen-bond donors (Lipinski definition) is 0. The highest BCUT2D eigenvalue weighted by Gasteiger charge is 2.29. The Bertz CT molecular complexity index is 941. The molecule has 2 aliphatic heterocycles. The van der Waals surface area contributed by atoms with Gasteiger partial charge in [-0.3, -0.25) is 14.7 Å². The Morgan fingerprint density at radius 3 is 2.61 bits per heavy atom. The first-order chi connectivity index (χ1) is 15.2. The van der Waals surface area contributed by atoms with Crippen LogP contribution in [0.5, 0.6) is 0 Å². The van der Waals surface area contributed by atoms with Gasteiger partial charge < -0.3 is 9.80 Å². The van der Waals surface area contributed by atoms with Crippen LogP contribution in [0.2, 0.25) is 0 Å². The van der Waals surface area contributed by atoms with E-state index in [-0.39, 0.29) is 11.6 Å². The number of carbonyl (C=O) groups is 1. The number of piperazine rings is 1. The molecule has 2 fully saturated rings. The molecule has 1 saturated heterocycles. The molecule has 0 N–H and O–H groups in total. The van der Waals surface area contributed by atoms with Crippen LogP contribution >= 0.6 is 0 Å². The van der Waals surface area contributed by atoms with Gasteiger partial charge in [-0.05, 0) is 37.0 Å². The van der Waals surface area contributed by atoms with Gasteiger partial charge in [0.2, 0.25) is 5.95 Å². The molecule has 8 heteroatoms. The summed E-state index contributed by atoms with van der Waals surface area (Å²) in [6.45, 7) is 4.50. The van der Waals surface area contributed by atoms with Crippen LogP contribution in [-0.4, -0.2) is 76.0 Å². The monoisotopic (exact) mass is 424 g/mol. The lowest BCUT2D eigenvalue weighted by molar-refractivity contribution is 0.0760. The minimum atomic E-state index is -0.737. The van der Waals surface area contributed by atoms with E-state index in [1.165, 1.54) is 25.5 Å². The first kappa shape index (κ1) is 20.3. The van der Waals surface area contributed by atoms with Crippen molar-refractivity contribution in [3.63, 3.8) is 0 Å². The van der Waals surface area contributed by atoms with Crippen LogP contribution in [0.25, 0.3) is 0 Å². The number of alkyl halides is 1. The maximum atomic E-state index is 13.3. The summed E-state index contributed by atoms with van der Waals surface area (Å²) in [5.41, 5.74) is 2.69. The van der Waals surface area contributed by atoms with Gasteiger partial charge in [-0.25, -0.2) is 14.4 Å². The number of amides is 1. The van der Waals surface area contributed by atoms with E-state index in [1.807, 2.05) is 6.20 Å². The van der Waals surface area contributed by atoms with Crippen molar-refractivity contribution in [2.45, 2.75) is 44.8 Å². The number of nitrogens with zero attached hydrogens (tertiary/aromatic N) is 6. The normalized spacial score (nSPS) is 20.2. The molecule has 0 atom stereocenters. The predicted octanol–water partition coefficient (Wildman–Crippen LogP) is 2.26. The molecule has 0 aromatic carbocycles. The zero-order valence-electron chi connectivity index (χ0n) is 17.8. The summed E-state index contributed by atoms with van der Waals surface area (Å²) in [6.07, 6.45) is 8.90. The predicted molar refractivity (Wildman–Crippen MR) is 116 cm³/mol. The third kappa shape index (κ3) is 4.13. The smallest absolute Gasteiger partial charge is 0.255 e. The first-order valence-corrected chi connectivity index (χ1v) is 11.4. The molecule has 164 valence electrons. The van der Waals surface area contributed by atoms with Crippen LogP contribution in [0.1, 0.15) is 46.6 Å². The Hall–Kier alpha value is -2.61. The maximum Gasteiger partial charge on any atom is 0.255 e. The van der Waals surface area contributed by atoms with Gasteiger partial charge in [0.05, 0.1) is 17.0 Å². The van der Waals surface area contributed by atoms with E-state index < -0.39 is 6.67 Å². The average Bonchev–Trinajstić information content (AvgIpc) is 3.00. The van der Waals surface area contributed by atoms with Crippen LogP contribution in [0.3, 0.4) is 0 Å². The Kier molecular flexibility index (Phi) is 5.80. The van der Waals surface area contributed by atoms with Gasteiger partial charge in [-0.15, -0.1) is 0 Å². The summed E-state index contributed by atoms with van der Waals surface area (Å²) in [7, 11) is 0. The number of hydrogen-bond acceptors (Lipinski definition) is 6. The summed E-state index contributed by atoms with van der Waals surface area (Å²) < 4.78 is 13.3. The van der Waals surface area contributed by atoms with E-state index in [2.05, 4.69) is 19.8 Å². The van der Waals surface area contributed by atoms with Gasteiger partial charge >= 0.3 is 0 Å². The SMILES string of the molecule is O=C(c1cccnc1CF)N1CCc2cnc(N3CCN(C4CCC4)CC3)nc2CC1. The van der Waals surface area contributed by atoms with Crippen molar-refractivity contribution in [1.29, 1.82) is 0 Å². The first-order valence-electron chi connectivity index (χ1n) is 11.4. The number of aromatic nitrogens is 3. The van der Waals surface area contributed by atoms with Gasteiger partial charge in [-0.1, -0.05) is 6.42 Å². The third-order valence-corrected chi connectivity index (χ3v) is 6.93. The van der Waals surface area contributed by atoms with Crippen molar-refractivity contribution in [2.24, 2.45) is 0 Å². The second-order valence-corrected chi connectivity index (χ2v) is 8.67. The minimum absolute atomic E-state index is 0.158. The van der Waals surface area contributed by atoms with Crippen LogP contribution in [0.4, 0.5) is 10.3 Å². The van der Waals surface area contributed by atoms with E-state index in [9.17, 15) is 9.18 Å². The number of halogens is 1. The van der Waals surface area contributed by atoms with E-state index in [0.717, 1.165) is 49.4 Å². The van der Waals surface area contributed by atoms with Crippen LogP contribution in [0.15, 0.2) is 24.5 Å². The number of carbonyl (C=O) groups excluding carboxylic acids is 1. The molecule has 2 aromatic heterocycles. The molecule has 1 aliphatic carbocycles. The average molecular weight is 425 g/mol. The molecule has 1 saturated carbocycles. The van der Waals surface area contributed by atoms with Crippen molar-refractivity contribution in [3.05, 3.63) is 47.0 Å². The second kappa shape index (κ2) is 8.86. The summed E-state index contributed by atoms with van der Waals surface area (Å²) in [4.78, 5) is 33.2. The van der Waals surface area contributed by atoms with Crippen molar-refractivity contribution in [1.82, 2.24) is 24.8 Å². The minimum Gasteiger partial charge on any atom is -0.338 e. The fourth-order valence-corrected chi connectivity index (χ4v) is 4.77. The molecule has 7 nitrogen and oxygen atoms in total. The van der Waals surface area contributed by atoms with Crippen molar-refractivity contribution >= 4 is 11.9 Å². The van der Waals surface area contributed by atoms with Gasteiger partial charge in [-0.2, -0.15) is 0 Å². The van der Waals surface area contributed by atoms with Gasteiger partial charge in [0.1, 0.15) is 6.67 Å². The number of pyridine rings is 1. The van der Waals surface area contributed by atoms with Gasteiger partial charge in [0.15, 0.2) is 0 Å². The highest BCUT2D eigenvalue weighted by Crippen LogP contribution is 2.26. The maximum absolute atomic E-state index is 13.3. The molecule has 0 radical (unpaired) electrons. The van der Waals surface area contributed by atoms with E-state index in [0.29, 0.717) is 31.5 Å². The molecule has 3 aliphatic rings. The molecular formula is C23H29FN6O. The fourth-order valence-electron chi connectivity index (χ4n) is 4.77. The highest BCUT2D eigenvalue weighted by atomic mass is 19.1. The lowest BCUT2D eigenvalue weighted by atomic mass is 9.91. The lowest BCUT2D eigenvalue weighted by Gasteiger charge is -2.43.